The van der Waals surface area contributed by atoms with Gasteiger partial charge in [0.25, 0.3) is 5.91 Å². The van der Waals surface area contributed by atoms with Crippen LogP contribution in [-0.4, -0.2) is 46.5 Å². The number of fused-ring (bicyclic) bond motifs is 1. The number of imidazole rings is 1. The van der Waals surface area contributed by atoms with E-state index in [1.54, 1.807) is 0 Å². The normalized spacial score (nSPS) is 16.0. The smallest absolute Gasteiger partial charge is 0.272 e. The zero-order valence-electron chi connectivity index (χ0n) is 11.2. The molecule has 1 fully saturated rings. The van der Waals surface area contributed by atoms with Gasteiger partial charge in [0.05, 0.1) is 18.9 Å². The first-order chi connectivity index (χ1) is 9.18. The molecule has 3 heterocycles. The van der Waals surface area contributed by atoms with Gasteiger partial charge in [0, 0.05) is 19.3 Å². The summed E-state index contributed by atoms with van der Waals surface area (Å²) in [6, 6.07) is 3.95. The van der Waals surface area contributed by atoms with Crippen LogP contribution in [-0.2, 0) is 4.74 Å². The van der Waals surface area contributed by atoms with Crippen LogP contribution in [0.15, 0.2) is 18.3 Å². The molecule has 0 atom stereocenters. The highest BCUT2D eigenvalue weighted by Crippen LogP contribution is 2.17. The highest BCUT2D eigenvalue weighted by molar-refractivity contribution is 5.94. The van der Waals surface area contributed by atoms with Crippen molar-refractivity contribution in [2.75, 3.05) is 26.3 Å². The van der Waals surface area contributed by atoms with E-state index in [1.807, 2.05) is 41.5 Å². The number of aromatic nitrogens is 2. The lowest BCUT2D eigenvalue weighted by Crippen LogP contribution is -2.41. The third kappa shape index (κ3) is 2.00. The van der Waals surface area contributed by atoms with E-state index in [2.05, 4.69) is 4.98 Å². The SMILES string of the molecule is Cc1nc2c(C)cccn2c1C(=O)N1CCOCC1. The van der Waals surface area contributed by atoms with Crippen LogP contribution in [0.2, 0.25) is 0 Å². The highest BCUT2D eigenvalue weighted by Gasteiger charge is 2.24. The molecule has 1 aliphatic heterocycles. The Bertz CT molecular complexity index is 627. The maximum absolute atomic E-state index is 12.6. The van der Waals surface area contributed by atoms with Crippen molar-refractivity contribution in [3.63, 3.8) is 0 Å². The minimum Gasteiger partial charge on any atom is -0.378 e. The van der Waals surface area contributed by atoms with E-state index in [1.165, 1.54) is 0 Å². The van der Waals surface area contributed by atoms with Crippen molar-refractivity contribution < 1.29 is 9.53 Å². The summed E-state index contributed by atoms with van der Waals surface area (Å²) in [5.41, 5.74) is 3.38. The summed E-state index contributed by atoms with van der Waals surface area (Å²) in [4.78, 5) is 19.0. The predicted octanol–water partition coefficient (Wildman–Crippen LogP) is 1.42. The molecule has 1 amide bonds. The maximum atomic E-state index is 12.6. The maximum Gasteiger partial charge on any atom is 0.272 e. The largest absolute Gasteiger partial charge is 0.378 e. The second-order valence-corrected chi connectivity index (χ2v) is 4.84. The van der Waals surface area contributed by atoms with Gasteiger partial charge in [0.2, 0.25) is 0 Å². The Labute approximate surface area is 111 Å². The van der Waals surface area contributed by atoms with Crippen LogP contribution in [0.5, 0.6) is 0 Å². The van der Waals surface area contributed by atoms with E-state index in [9.17, 15) is 4.79 Å². The van der Waals surface area contributed by atoms with Crippen molar-refractivity contribution in [3.8, 4) is 0 Å². The Morgan fingerprint density at radius 1 is 1.32 bits per heavy atom. The molecular weight excluding hydrogens is 242 g/mol. The van der Waals surface area contributed by atoms with Crippen LogP contribution < -0.4 is 0 Å². The van der Waals surface area contributed by atoms with Crippen molar-refractivity contribution in [3.05, 3.63) is 35.3 Å². The van der Waals surface area contributed by atoms with E-state index in [-0.39, 0.29) is 5.91 Å². The van der Waals surface area contributed by atoms with Crippen LogP contribution in [0, 0.1) is 13.8 Å². The Kier molecular flexibility index (Phi) is 2.98. The minimum atomic E-state index is 0.0406. The molecule has 100 valence electrons. The third-order valence-electron chi connectivity index (χ3n) is 3.52. The van der Waals surface area contributed by atoms with Crippen molar-refractivity contribution in [1.82, 2.24) is 14.3 Å². The lowest BCUT2D eigenvalue weighted by atomic mass is 10.2. The van der Waals surface area contributed by atoms with Gasteiger partial charge in [-0.05, 0) is 25.5 Å². The molecule has 0 bridgehead atoms. The van der Waals surface area contributed by atoms with Gasteiger partial charge in [-0.2, -0.15) is 0 Å². The second-order valence-electron chi connectivity index (χ2n) is 4.84. The Morgan fingerprint density at radius 2 is 2.05 bits per heavy atom. The molecule has 2 aromatic heterocycles. The minimum absolute atomic E-state index is 0.0406. The van der Waals surface area contributed by atoms with Crippen LogP contribution >= 0.6 is 0 Å². The first-order valence-electron chi connectivity index (χ1n) is 6.50. The number of hydrogen-bond donors (Lipinski definition) is 0. The second kappa shape index (κ2) is 4.66. The number of morpholine rings is 1. The summed E-state index contributed by atoms with van der Waals surface area (Å²) in [6.07, 6.45) is 1.90. The summed E-state index contributed by atoms with van der Waals surface area (Å²) >= 11 is 0. The van der Waals surface area contributed by atoms with Crippen molar-refractivity contribution in [1.29, 1.82) is 0 Å². The molecule has 19 heavy (non-hydrogen) atoms. The summed E-state index contributed by atoms with van der Waals surface area (Å²) in [5, 5.41) is 0. The number of nitrogens with zero attached hydrogens (tertiary/aromatic N) is 3. The molecule has 5 nitrogen and oxygen atoms in total. The first-order valence-corrected chi connectivity index (χ1v) is 6.50. The average molecular weight is 259 g/mol. The van der Waals surface area contributed by atoms with Gasteiger partial charge in [0.1, 0.15) is 11.3 Å². The fourth-order valence-electron chi connectivity index (χ4n) is 2.49. The van der Waals surface area contributed by atoms with E-state index in [4.69, 9.17) is 4.74 Å². The van der Waals surface area contributed by atoms with Crippen molar-refractivity contribution >= 4 is 11.6 Å². The molecule has 3 rings (SSSR count). The van der Waals surface area contributed by atoms with Crippen LogP contribution in [0.3, 0.4) is 0 Å². The number of ether oxygens (including phenoxy) is 1. The first kappa shape index (κ1) is 12.2. The predicted molar refractivity (Wildman–Crippen MR) is 71.4 cm³/mol. The monoisotopic (exact) mass is 259 g/mol. The van der Waals surface area contributed by atoms with Gasteiger partial charge >= 0.3 is 0 Å². The number of aryl methyl sites for hydroxylation is 2. The van der Waals surface area contributed by atoms with Gasteiger partial charge in [0.15, 0.2) is 0 Å². The molecule has 0 unspecified atom stereocenters. The van der Waals surface area contributed by atoms with Crippen LogP contribution in [0.1, 0.15) is 21.7 Å². The van der Waals surface area contributed by atoms with E-state index < -0.39 is 0 Å². The summed E-state index contributed by atoms with van der Waals surface area (Å²) in [7, 11) is 0. The van der Waals surface area contributed by atoms with E-state index >= 15 is 0 Å². The van der Waals surface area contributed by atoms with E-state index in [0.29, 0.717) is 32.0 Å². The van der Waals surface area contributed by atoms with Gasteiger partial charge in [-0.3, -0.25) is 9.20 Å². The molecule has 1 saturated heterocycles. The molecule has 0 spiro atoms. The molecule has 0 saturated carbocycles. The standard InChI is InChI=1S/C14H17N3O2/c1-10-4-3-5-17-12(11(2)15-13(10)17)14(18)16-6-8-19-9-7-16/h3-5H,6-9H2,1-2H3. The van der Waals surface area contributed by atoms with Gasteiger partial charge < -0.3 is 9.64 Å². The van der Waals surface area contributed by atoms with Crippen LogP contribution in [0.4, 0.5) is 0 Å². The number of rotatable bonds is 1. The fourth-order valence-corrected chi connectivity index (χ4v) is 2.49. The Morgan fingerprint density at radius 3 is 2.79 bits per heavy atom. The average Bonchev–Trinajstić information content (AvgIpc) is 2.77. The van der Waals surface area contributed by atoms with E-state index in [0.717, 1.165) is 16.9 Å². The van der Waals surface area contributed by atoms with Gasteiger partial charge in [-0.1, -0.05) is 6.07 Å². The molecule has 5 heteroatoms. The number of pyridine rings is 1. The number of carbonyl (C=O) groups is 1. The highest BCUT2D eigenvalue weighted by atomic mass is 16.5. The van der Waals surface area contributed by atoms with Crippen molar-refractivity contribution in [2.45, 2.75) is 13.8 Å². The molecule has 0 N–H and O–H groups in total. The third-order valence-corrected chi connectivity index (χ3v) is 3.52. The van der Waals surface area contributed by atoms with Gasteiger partial charge in [-0.15, -0.1) is 0 Å². The lowest BCUT2D eigenvalue weighted by molar-refractivity contribution is 0.0298. The Balaban J connectivity index is 2.06. The molecule has 0 aromatic carbocycles. The zero-order chi connectivity index (χ0) is 13.4. The lowest BCUT2D eigenvalue weighted by Gasteiger charge is -2.26. The quantitative estimate of drug-likeness (QED) is 0.778. The Hall–Kier alpha value is -1.88. The number of hydrogen-bond acceptors (Lipinski definition) is 3. The summed E-state index contributed by atoms with van der Waals surface area (Å²) in [5.74, 6) is 0.0406. The zero-order valence-corrected chi connectivity index (χ0v) is 11.2. The molecule has 0 aliphatic carbocycles. The van der Waals surface area contributed by atoms with Crippen molar-refractivity contribution in [2.24, 2.45) is 0 Å². The number of amides is 1. The summed E-state index contributed by atoms with van der Waals surface area (Å²) < 4.78 is 7.18. The molecule has 1 aliphatic rings. The summed E-state index contributed by atoms with van der Waals surface area (Å²) in [6.45, 7) is 6.42. The molecular formula is C14H17N3O2. The topological polar surface area (TPSA) is 46.8 Å². The number of carbonyl (C=O) groups excluding carboxylic acids is 1. The van der Waals surface area contributed by atoms with Crippen LogP contribution in [0.25, 0.3) is 5.65 Å². The van der Waals surface area contributed by atoms with Gasteiger partial charge in [-0.25, -0.2) is 4.98 Å². The molecule has 2 aromatic rings. The fraction of sp³-hybridized carbons (Fsp3) is 0.429. The molecule has 0 radical (unpaired) electrons.